The van der Waals surface area contributed by atoms with Crippen LogP contribution in [0.5, 0.6) is 0 Å². The number of amides is 1. The molecule has 1 amide bonds. The van der Waals surface area contributed by atoms with Gasteiger partial charge in [0.15, 0.2) is 0 Å². The van der Waals surface area contributed by atoms with Crippen molar-refractivity contribution in [3.8, 4) is 10.6 Å². The fraction of sp³-hybridized carbons (Fsp3) is 0.188. The van der Waals surface area contributed by atoms with Gasteiger partial charge in [-0.2, -0.15) is 5.10 Å². The normalized spacial score (nSPS) is 12.2. The van der Waals surface area contributed by atoms with Gasteiger partial charge in [-0.05, 0) is 13.0 Å². The Morgan fingerprint density at radius 2 is 2.17 bits per heavy atom. The standard InChI is InChI=1S/C16H14F2N4OS/c1-9(12-4-3-11(17)5-13(12)18)20-15(23)14-8-24-16(21-14)10-6-19-22(2)7-10/h3-9H,1-2H3,(H,20,23)/t9-/m1/s1. The van der Waals surface area contributed by atoms with Gasteiger partial charge in [-0.3, -0.25) is 9.48 Å². The maximum atomic E-state index is 13.8. The lowest BCUT2D eigenvalue weighted by Gasteiger charge is -2.14. The Bertz CT molecular complexity index is 890. The van der Waals surface area contributed by atoms with Gasteiger partial charge in [-0.1, -0.05) is 6.07 Å². The predicted molar refractivity (Wildman–Crippen MR) is 86.6 cm³/mol. The molecule has 0 unspecified atom stereocenters. The zero-order chi connectivity index (χ0) is 17.3. The number of carbonyl (C=O) groups is 1. The lowest BCUT2D eigenvalue weighted by Crippen LogP contribution is -2.27. The van der Waals surface area contributed by atoms with E-state index < -0.39 is 23.6 Å². The molecule has 0 radical (unpaired) electrons. The molecule has 0 saturated carbocycles. The van der Waals surface area contributed by atoms with Crippen LogP contribution < -0.4 is 5.32 Å². The van der Waals surface area contributed by atoms with E-state index in [0.29, 0.717) is 5.01 Å². The van der Waals surface area contributed by atoms with Gasteiger partial charge in [-0.25, -0.2) is 13.8 Å². The molecule has 2 heterocycles. The van der Waals surface area contributed by atoms with E-state index in [4.69, 9.17) is 0 Å². The molecular formula is C16H14F2N4OS. The molecule has 1 N–H and O–H groups in total. The summed E-state index contributed by atoms with van der Waals surface area (Å²) in [5.41, 5.74) is 1.28. The van der Waals surface area contributed by atoms with Gasteiger partial charge in [-0.15, -0.1) is 11.3 Å². The van der Waals surface area contributed by atoms with Gasteiger partial charge in [0.1, 0.15) is 22.3 Å². The van der Waals surface area contributed by atoms with Gasteiger partial charge in [0, 0.05) is 35.8 Å². The maximum absolute atomic E-state index is 13.8. The molecule has 124 valence electrons. The predicted octanol–water partition coefficient (Wildman–Crippen LogP) is 3.31. The van der Waals surface area contributed by atoms with Crippen LogP contribution in [0, 0.1) is 11.6 Å². The summed E-state index contributed by atoms with van der Waals surface area (Å²) in [5, 5.41) is 9.03. The lowest BCUT2D eigenvalue weighted by atomic mass is 10.1. The van der Waals surface area contributed by atoms with Crippen molar-refractivity contribution < 1.29 is 13.6 Å². The molecule has 8 heteroatoms. The zero-order valence-corrected chi connectivity index (χ0v) is 13.8. The molecular weight excluding hydrogens is 334 g/mol. The molecule has 0 aliphatic carbocycles. The largest absolute Gasteiger partial charge is 0.344 e. The van der Waals surface area contributed by atoms with E-state index >= 15 is 0 Å². The third kappa shape index (κ3) is 3.33. The number of benzene rings is 1. The van der Waals surface area contributed by atoms with Crippen molar-refractivity contribution in [2.75, 3.05) is 0 Å². The van der Waals surface area contributed by atoms with E-state index in [1.807, 2.05) is 0 Å². The first-order valence-corrected chi connectivity index (χ1v) is 8.02. The van der Waals surface area contributed by atoms with E-state index in [0.717, 1.165) is 17.7 Å². The Morgan fingerprint density at radius 1 is 1.38 bits per heavy atom. The average molecular weight is 348 g/mol. The number of nitrogens with zero attached hydrogens (tertiary/aromatic N) is 3. The minimum absolute atomic E-state index is 0.215. The smallest absolute Gasteiger partial charge is 0.271 e. The van der Waals surface area contributed by atoms with Crippen molar-refractivity contribution in [1.29, 1.82) is 0 Å². The second-order valence-corrected chi connectivity index (χ2v) is 6.16. The molecule has 0 saturated heterocycles. The van der Waals surface area contributed by atoms with Crippen molar-refractivity contribution in [1.82, 2.24) is 20.1 Å². The van der Waals surface area contributed by atoms with Crippen LogP contribution in [0.3, 0.4) is 0 Å². The summed E-state index contributed by atoms with van der Waals surface area (Å²) in [6.45, 7) is 1.63. The monoisotopic (exact) mass is 348 g/mol. The number of hydrogen-bond donors (Lipinski definition) is 1. The van der Waals surface area contributed by atoms with Crippen LogP contribution in [0.1, 0.15) is 29.0 Å². The van der Waals surface area contributed by atoms with Gasteiger partial charge < -0.3 is 5.32 Å². The van der Waals surface area contributed by atoms with Gasteiger partial charge in [0.2, 0.25) is 0 Å². The molecule has 5 nitrogen and oxygen atoms in total. The first-order chi connectivity index (χ1) is 11.4. The van der Waals surface area contributed by atoms with Crippen molar-refractivity contribution in [3.63, 3.8) is 0 Å². The second-order valence-electron chi connectivity index (χ2n) is 5.30. The highest BCUT2D eigenvalue weighted by molar-refractivity contribution is 7.13. The van der Waals surface area contributed by atoms with Crippen molar-refractivity contribution in [3.05, 3.63) is 58.9 Å². The third-order valence-corrected chi connectivity index (χ3v) is 4.36. The number of carbonyl (C=O) groups excluding carboxylic acids is 1. The van der Waals surface area contributed by atoms with Gasteiger partial charge >= 0.3 is 0 Å². The summed E-state index contributed by atoms with van der Waals surface area (Å²) >= 11 is 1.32. The Kier molecular flexibility index (Phi) is 4.39. The molecule has 1 atom stereocenters. The number of thiazole rings is 1. The summed E-state index contributed by atoms with van der Waals surface area (Å²) in [6.07, 6.45) is 3.47. The molecule has 1 aromatic carbocycles. The van der Waals surface area contributed by atoms with Gasteiger partial charge in [0.05, 0.1) is 12.2 Å². The van der Waals surface area contributed by atoms with Gasteiger partial charge in [0.25, 0.3) is 5.91 Å². The van der Waals surface area contributed by atoms with Crippen LogP contribution in [0.4, 0.5) is 8.78 Å². The molecule has 3 aromatic rings. The van der Waals surface area contributed by atoms with E-state index in [2.05, 4.69) is 15.4 Å². The second kappa shape index (κ2) is 6.48. The van der Waals surface area contributed by atoms with E-state index in [9.17, 15) is 13.6 Å². The van der Waals surface area contributed by atoms with Crippen LogP contribution >= 0.6 is 11.3 Å². The highest BCUT2D eigenvalue weighted by Gasteiger charge is 2.18. The highest BCUT2D eigenvalue weighted by Crippen LogP contribution is 2.24. The van der Waals surface area contributed by atoms with Crippen LogP contribution in [0.25, 0.3) is 10.6 Å². The Balaban J connectivity index is 1.74. The molecule has 0 bridgehead atoms. The number of hydrogen-bond acceptors (Lipinski definition) is 4. The number of aryl methyl sites for hydroxylation is 1. The fourth-order valence-corrected chi connectivity index (χ4v) is 3.02. The molecule has 0 spiro atoms. The van der Waals surface area contributed by atoms with E-state index in [-0.39, 0.29) is 11.3 Å². The SMILES string of the molecule is C[C@@H](NC(=O)c1csc(-c2cnn(C)c2)n1)c1ccc(F)cc1F. The summed E-state index contributed by atoms with van der Waals surface area (Å²) in [7, 11) is 1.80. The molecule has 0 aliphatic heterocycles. The Labute approximate surface area is 141 Å². The molecule has 0 aliphatic rings. The molecule has 2 aromatic heterocycles. The molecule has 3 rings (SSSR count). The third-order valence-electron chi connectivity index (χ3n) is 3.47. The van der Waals surface area contributed by atoms with Crippen LogP contribution in [-0.2, 0) is 7.05 Å². The van der Waals surface area contributed by atoms with Crippen LogP contribution in [0.2, 0.25) is 0 Å². The maximum Gasteiger partial charge on any atom is 0.271 e. The first-order valence-electron chi connectivity index (χ1n) is 7.14. The molecule has 0 fully saturated rings. The van der Waals surface area contributed by atoms with Crippen LogP contribution in [-0.4, -0.2) is 20.7 Å². The topological polar surface area (TPSA) is 59.8 Å². The highest BCUT2D eigenvalue weighted by atomic mass is 32.1. The van der Waals surface area contributed by atoms with E-state index in [1.54, 1.807) is 36.4 Å². The first kappa shape index (κ1) is 16.3. The Hall–Kier alpha value is -2.61. The quantitative estimate of drug-likeness (QED) is 0.787. The minimum Gasteiger partial charge on any atom is -0.344 e. The minimum atomic E-state index is -0.697. The zero-order valence-electron chi connectivity index (χ0n) is 13.0. The number of rotatable bonds is 4. The number of halogens is 2. The van der Waals surface area contributed by atoms with Crippen LogP contribution in [0.15, 0.2) is 36.0 Å². The number of nitrogens with one attached hydrogen (secondary N) is 1. The van der Waals surface area contributed by atoms with E-state index in [1.165, 1.54) is 17.4 Å². The molecule has 24 heavy (non-hydrogen) atoms. The summed E-state index contributed by atoms with van der Waals surface area (Å²) < 4.78 is 28.4. The fourth-order valence-electron chi connectivity index (χ4n) is 2.24. The summed E-state index contributed by atoms with van der Waals surface area (Å²) in [6, 6.07) is 2.66. The van der Waals surface area contributed by atoms with Crippen molar-refractivity contribution in [2.24, 2.45) is 7.05 Å². The van der Waals surface area contributed by atoms with Crippen molar-refractivity contribution in [2.45, 2.75) is 13.0 Å². The number of aromatic nitrogens is 3. The van der Waals surface area contributed by atoms with Crippen molar-refractivity contribution >= 4 is 17.2 Å². The summed E-state index contributed by atoms with van der Waals surface area (Å²) in [4.78, 5) is 16.5. The summed E-state index contributed by atoms with van der Waals surface area (Å²) in [5.74, 6) is -1.77. The average Bonchev–Trinajstić information content (AvgIpc) is 3.15. The Morgan fingerprint density at radius 3 is 2.83 bits per heavy atom. The lowest BCUT2D eigenvalue weighted by molar-refractivity contribution is 0.0935.